The quantitative estimate of drug-likeness (QED) is 0.690. The number of benzene rings is 2. The third kappa shape index (κ3) is 2.73. The highest BCUT2D eigenvalue weighted by atomic mass is 35.5. The Bertz CT molecular complexity index is 1130. The maximum atomic E-state index is 13.8. The van der Waals surface area contributed by atoms with Crippen LogP contribution in [0.2, 0.25) is 5.02 Å². The van der Waals surface area contributed by atoms with Gasteiger partial charge in [-0.1, -0.05) is 55.8 Å². The summed E-state index contributed by atoms with van der Waals surface area (Å²) in [6.07, 6.45) is 1.12. The molecule has 5 nitrogen and oxygen atoms in total. The monoisotopic (exact) mass is 450 g/mol. The van der Waals surface area contributed by atoms with Crippen molar-refractivity contribution in [2.24, 2.45) is 17.3 Å². The summed E-state index contributed by atoms with van der Waals surface area (Å²) in [5.74, 6) is 0.319. The summed E-state index contributed by atoms with van der Waals surface area (Å²) in [5, 5.41) is 0.608. The highest BCUT2D eigenvalue weighted by Crippen LogP contribution is 2.55. The van der Waals surface area contributed by atoms with Crippen molar-refractivity contribution in [1.82, 2.24) is 9.80 Å². The molecule has 2 aliphatic heterocycles. The molecule has 32 heavy (non-hydrogen) atoms. The molecule has 1 aliphatic carbocycles. The standard InChI is InChI=1S/C26H27ClN2O3/c1-16(30)22-14-18(25(22,2)3)15-23(31)28-12-13-29-24(32)20-6-4-5-7-21(20)26(28,29)17-8-10-19(27)11-9-17/h4-11,18,22H,12-15H2,1-3H3. The zero-order valence-electron chi connectivity index (χ0n) is 18.6. The van der Waals surface area contributed by atoms with E-state index in [2.05, 4.69) is 13.8 Å². The lowest BCUT2D eigenvalue weighted by atomic mass is 9.52. The number of carbonyl (C=O) groups is 3. The Hall–Kier alpha value is -2.66. The number of carbonyl (C=O) groups excluding carboxylic acids is 3. The van der Waals surface area contributed by atoms with Crippen molar-refractivity contribution < 1.29 is 14.4 Å². The Morgan fingerprint density at radius 2 is 1.75 bits per heavy atom. The molecule has 2 amide bonds. The van der Waals surface area contributed by atoms with Crippen molar-refractivity contribution in [2.45, 2.75) is 39.3 Å². The lowest BCUT2D eigenvalue weighted by molar-refractivity contribution is -0.148. The second-order valence-electron chi connectivity index (χ2n) is 9.85. The van der Waals surface area contributed by atoms with Gasteiger partial charge in [0.25, 0.3) is 5.91 Å². The molecule has 0 spiro atoms. The summed E-state index contributed by atoms with van der Waals surface area (Å²) in [6.45, 7) is 6.76. The average molecular weight is 451 g/mol. The van der Waals surface area contributed by atoms with Gasteiger partial charge in [0.1, 0.15) is 5.78 Å². The summed E-state index contributed by atoms with van der Waals surface area (Å²) >= 11 is 6.16. The van der Waals surface area contributed by atoms with E-state index in [4.69, 9.17) is 11.6 Å². The van der Waals surface area contributed by atoms with Gasteiger partial charge in [-0.3, -0.25) is 14.4 Å². The molecule has 6 heteroatoms. The van der Waals surface area contributed by atoms with Gasteiger partial charge < -0.3 is 9.80 Å². The Balaban J connectivity index is 1.56. The lowest BCUT2D eigenvalue weighted by Gasteiger charge is -2.51. The lowest BCUT2D eigenvalue weighted by Crippen LogP contribution is -2.54. The van der Waals surface area contributed by atoms with E-state index in [1.54, 1.807) is 6.92 Å². The molecule has 2 fully saturated rings. The zero-order chi connectivity index (χ0) is 22.8. The largest absolute Gasteiger partial charge is 0.310 e. The molecule has 166 valence electrons. The number of amides is 2. The number of fused-ring (bicyclic) bond motifs is 3. The molecule has 1 saturated carbocycles. The second-order valence-corrected chi connectivity index (χ2v) is 10.3. The Morgan fingerprint density at radius 3 is 2.41 bits per heavy atom. The van der Waals surface area contributed by atoms with Gasteiger partial charge in [0, 0.05) is 47.1 Å². The fourth-order valence-electron chi connectivity index (χ4n) is 6.16. The summed E-state index contributed by atoms with van der Waals surface area (Å²) < 4.78 is 0. The molecule has 1 saturated heterocycles. The van der Waals surface area contributed by atoms with Crippen LogP contribution in [0.1, 0.15) is 55.1 Å². The van der Waals surface area contributed by atoms with Crippen LogP contribution < -0.4 is 0 Å². The highest BCUT2D eigenvalue weighted by molar-refractivity contribution is 6.30. The van der Waals surface area contributed by atoms with E-state index in [0.717, 1.165) is 17.5 Å². The first kappa shape index (κ1) is 21.2. The van der Waals surface area contributed by atoms with Crippen LogP contribution >= 0.6 is 11.6 Å². The predicted molar refractivity (Wildman–Crippen MR) is 122 cm³/mol. The van der Waals surface area contributed by atoms with Crippen molar-refractivity contribution in [3.63, 3.8) is 0 Å². The number of Topliss-reactive ketones (excluding diaryl/α,β-unsaturated/α-hetero) is 1. The van der Waals surface area contributed by atoms with Crippen LogP contribution in [0.4, 0.5) is 0 Å². The van der Waals surface area contributed by atoms with E-state index in [0.29, 0.717) is 30.1 Å². The molecule has 3 atom stereocenters. The van der Waals surface area contributed by atoms with E-state index in [9.17, 15) is 14.4 Å². The number of nitrogens with zero attached hydrogens (tertiary/aromatic N) is 2. The van der Waals surface area contributed by atoms with Crippen LogP contribution in [0, 0.1) is 17.3 Å². The molecule has 2 aromatic rings. The van der Waals surface area contributed by atoms with Crippen molar-refractivity contribution in [1.29, 1.82) is 0 Å². The summed E-state index contributed by atoms with van der Waals surface area (Å²) in [6, 6.07) is 15.0. The van der Waals surface area contributed by atoms with E-state index in [1.165, 1.54) is 0 Å². The topological polar surface area (TPSA) is 57.7 Å². The molecule has 3 unspecified atom stereocenters. The first-order chi connectivity index (χ1) is 15.2. The molecule has 2 aromatic carbocycles. The van der Waals surface area contributed by atoms with Gasteiger partial charge in [-0.2, -0.15) is 0 Å². The number of hydrogen-bond donors (Lipinski definition) is 0. The van der Waals surface area contributed by atoms with Gasteiger partial charge in [-0.15, -0.1) is 0 Å². The van der Waals surface area contributed by atoms with Gasteiger partial charge in [-0.25, -0.2) is 0 Å². The molecule has 0 radical (unpaired) electrons. The molecular weight excluding hydrogens is 424 g/mol. The molecule has 5 rings (SSSR count). The van der Waals surface area contributed by atoms with Crippen molar-refractivity contribution in [3.05, 3.63) is 70.2 Å². The maximum Gasteiger partial charge on any atom is 0.256 e. The van der Waals surface area contributed by atoms with Gasteiger partial charge >= 0.3 is 0 Å². The van der Waals surface area contributed by atoms with Gasteiger partial charge in [0.15, 0.2) is 5.66 Å². The third-order valence-electron chi connectivity index (χ3n) is 8.04. The van der Waals surface area contributed by atoms with Crippen LogP contribution in [0.15, 0.2) is 48.5 Å². The van der Waals surface area contributed by atoms with E-state index >= 15 is 0 Å². The average Bonchev–Trinajstić information content (AvgIpc) is 3.27. The minimum Gasteiger partial charge on any atom is -0.310 e. The van der Waals surface area contributed by atoms with E-state index in [1.807, 2.05) is 58.3 Å². The zero-order valence-corrected chi connectivity index (χ0v) is 19.4. The molecule has 0 aromatic heterocycles. The van der Waals surface area contributed by atoms with Crippen LogP contribution in [0.25, 0.3) is 0 Å². The highest BCUT2D eigenvalue weighted by Gasteiger charge is 2.60. The smallest absolute Gasteiger partial charge is 0.256 e. The van der Waals surface area contributed by atoms with Crippen molar-refractivity contribution in [2.75, 3.05) is 13.1 Å². The summed E-state index contributed by atoms with van der Waals surface area (Å²) in [5.41, 5.74) is 1.19. The van der Waals surface area contributed by atoms with Gasteiger partial charge in [0.05, 0.1) is 0 Å². The van der Waals surface area contributed by atoms with Crippen molar-refractivity contribution >= 4 is 29.2 Å². The summed E-state index contributed by atoms with van der Waals surface area (Å²) in [4.78, 5) is 42.8. The SMILES string of the molecule is CC(=O)C1CC(CC(=O)N2CCN3C(=O)c4ccccc4C23c2ccc(Cl)cc2)C1(C)C. The van der Waals surface area contributed by atoms with Gasteiger partial charge in [0.2, 0.25) is 5.91 Å². The Morgan fingerprint density at radius 1 is 1.06 bits per heavy atom. The van der Waals surface area contributed by atoms with Crippen LogP contribution in [0.5, 0.6) is 0 Å². The van der Waals surface area contributed by atoms with E-state index < -0.39 is 5.66 Å². The molecule has 3 aliphatic rings. The number of rotatable bonds is 4. The maximum absolute atomic E-state index is 13.8. The minimum absolute atomic E-state index is 0.00869. The number of halogens is 1. The number of ketones is 1. The Kier molecular flexibility index (Phi) is 4.75. The van der Waals surface area contributed by atoms with Crippen LogP contribution in [0.3, 0.4) is 0 Å². The molecule has 2 heterocycles. The fraction of sp³-hybridized carbons (Fsp3) is 0.423. The summed E-state index contributed by atoms with van der Waals surface area (Å²) in [7, 11) is 0. The predicted octanol–water partition coefficient (Wildman–Crippen LogP) is 4.48. The Labute approximate surface area is 193 Å². The van der Waals surface area contributed by atoms with Crippen LogP contribution in [-0.2, 0) is 15.3 Å². The van der Waals surface area contributed by atoms with Crippen LogP contribution in [-0.4, -0.2) is 40.5 Å². The minimum atomic E-state index is -0.955. The molecular formula is C26H27ClN2O3. The first-order valence-electron chi connectivity index (χ1n) is 11.2. The first-order valence-corrected chi connectivity index (χ1v) is 11.5. The normalized spacial score (nSPS) is 27.7. The molecule has 0 bridgehead atoms. The van der Waals surface area contributed by atoms with Gasteiger partial charge in [-0.05, 0) is 42.9 Å². The fourth-order valence-corrected chi connectivity index (χ4v) is 6.28. The second kappa shape index (κ2) is 7.17. The van der Waals surface area contributed by atoms with E-state index in [-0.39, 0.29) is 34.8 Å². The number of hydrogen-bond acceptors (Lipinski definition) is 3. The van der Waals surface area contributed by atoms with Crippen molar-refractivity contribution in [3.8, 4) is 0 Å². The molecule has 0 N–H and O–H groups in total. The third-order valence-corrected chi connectivity index (χ3v) is 8.29.